The minimum absolute atomic E-state index is 0.0907. The molecule has 8 heteroatoms. The molecule has 0 radical (unpaired) electrons. The number of carbonyl (C=O) groups is 3. The summed E-state index contributed by atoms with van der Waals surface area (Å²) in [6.45, 7) is 0.243. The van der Waals surface area contributed by atoms with Gasteiger partial charge in [0.1, 0.15) is 0 Å². The third-order valence-electron chi connectivity index (χ3n) is 4.57. The minimum Gasteiger partial charge on any atom is -0.493 e. The van der Waals surface area contributed by atoms with Crippen molar-refractivity contribution in [2.24, 2.45) is 5.92 Å². The van der Waals surface area contributed by atoms with Gasteiger partial charge in [-0.25, -0.2) is 4.79 Å². The number of benzene rings is 2. The number of anilines is 2. The van der Waals surface area contributed by atoms with Gasteiger partial charge in [0.15, 0.2) is 11.5 Å². The van der Waals surface area contributed by atoms with Gasteiger partial charge in [-0.1, -0.05) is 0 Å². The molecule has 2 aromatic carbocycles. The fraction of sp³-hybridized carbons (Fsp3) is 0.250. The van der Waals surface area contributed by atoms with E-state index < -0.39 is 11.9 Å². The van der Waals surface area contributed by atoms with Crippen LogP contribution in [0.15, 0.2) is 42.5 Å². The highest BCUT2D eigenvalue weighted by Crippen LogP contribution is 2.34. The fourth-order valence-electron chi connectivity index (χ4n) is 3.07. The number of nitrogens with one attached hydrogen (secondary N) is 1. The van der Waals surface area contributed by atoms with Crippen molar-refractivity contribution in [2.75, 3.05) is 31.0 Å². The highest BCUT2D eigenvalue weighted by Gasteiger charge is 2.35. The molecule has 1 saturated heterocycles. The van der Waals surface area contributed by atoms with E-state index in [-0.39, 0.29) is 30.3 Å². The third kappa shape index (κ3) is 3.90. The van der Waals surface area contributed by atoms with Gasteiger partial charge >= 0.3 is 5.97 Å². The number of amides is 2. The number of ether oxygens (including phenoxy) is 2. The summed E-state index contributed by atoms with van der Waals surface area (Å²) >= 11 is 0. The summed E-state index contributed by atoms with van der Waals surface area (Å²) in [5.74, 6) is -0.950. The van der Waals surface area contributed by atoms with Crippen LogP contribution >= 0.6 is 0 Å². The Morgan fingerprint density at radius 3 is 2.36 bits per heavy atom. The normalized spacial score (nSPS) is 16.0. The molecule has 2 N–H and O–H groups in total. The molecule has 0 spiro atoms. The number of methoxy groups -OCH3 is 2. The van der Waals surface area contributed by atoms with Crippen LogP contribution in [0.1, 0.15) is 16.8 Å². The zero-order valence-electron chi connectivity index (χ0n) is 15.5. The van der Waals surface area contributed by atoms with Gasteiger partial charge in [0, 0.05) is 30.4 Å². The summed E-state index contributed by atoms with van der Waals surface area (Å²) in [7, 11) is 3.04. The highest BCUT2D eigenvalue weighted by molar-refractivity contribution is 6.03. The monoisotopic (exact) mass is 384 g/mol. The molecular formula is C20H20N2O6. The van der Waals surface area contributed by atoms with Gasteiger partial charge in [0.05, 0.1) is 25.7 Å². The summed E-state index contributed by atoms with van der Waals surface area (Å²) in [5.41, 5.74) is 1.24. The molecule has 1 fully saturated rings. The molecule has 0 aromatic heterocycles. The standard InChI is InChI=1S/C20H20N2O6/c1-27-16-8-7-15(10-17(16)28-2)22-11-13(9-18(22)23)19(24)21-14-5-3-12(4-6-14)20(25)26/h3-8,10,13H,9,11H2,1-2H3,(H,21,24)(H,25,26)/t13-/m0/s1. The van der Waals surface area contributed by atoms with Crippen molar-refractivity contribution in [3.63, 3.8) is 0 Å². The maximum atomic E-state index is 12.5. The first-order chi connectivity index (χ1) is 13.4. The summed E-state index contributed by atoms with van der Waals surface area (Å²) in [6.07, 6.45) is 0.0907. The lowest BCUT2D eigenvalue weighted by atomic mass is 10.1. The Labute approximate surface area is 161 Å². The van der Waals surface area contributed by atoms with Crippen LogP contribution in [-0.2, 0) is 9.59 Å². The summed E-state index contributed by atoms with van der Waals surface area (Å²) in [6, 6.07) is 11.0. The van der Waals surface area contributed by atoms with Gasteiger partial charge < -0.3 is 24.8 Å². The van der Waals surface area contributed by atoms with E-state index in [4.69, 9.17) is 14.6 Å². The second kappa shape index (κ2) is 7.99. The molecule has 1 aliphatic rings. The molecule has 2 amide bonds. The third-order valence-corrected chi connectivity index (χ3v) is 4.57. The Morgan fingerprint density at radius 1 is 1.07 bits per heavy atom. The van der Waals surface area contributed by atoms with E-state index in [2.05, 4.69) is 5.32 Å². The fourth-order valence-corrected chi connectivity index (χ4v) is 3.07. The minimum atomic E-state index is -1.04. The Kier molecular flexibility index (Phi) is 5.49. The predicted octanol–water partition coefficient (Wildman–Crippen LogP) is 2.39. The van der Waals surface area contributed by atoms with Crippen LogP contribution in [0.2, 0.25) is 0 Å². The SMILES string of the molecule is COc1ccc(N2C[C@@H](C(=O)Nc3ccc(C(=O)O)cc3)CC2=O)cc1OC. The number of hydrogen-bond acceptors (Lipinski definition) is 5. The van der Waals surface area contributed by atoms with Crippen LogP contribution < -0.4 is 19.7 Å². The van der Waals surface area contributed by atoms with E-state index in [1.54, 1.807) is 23.1 Å². The van der Waals surface area contributed by atoms with Gasteiger partial charge in [-0.05, 0) is 36.4 Å². The molecule has 1 aliphatic heterocycles. The number of carbonyl (C=O) groups excluding carboxylic acids is 2. The lowest BCUT2D eigenvalue weighted by molar-refractivity contribution is -0.122. The van der Waals surface area contributed by atoms with Gasteiger partial charge in [0.2, 0.25) is 11.8 Å². The van der Waals surface area contributed by atoms with Crippen molar-refractivity contribution in [1.29, 1.82) is 0 Å². The first-order valence-corrected chi connectivity index (χ1v) is 8.59. The lowest BCUT2D eigenvalue weighted by Gasteiger charge is -2.18. The number of rotatable bonds is 6. The molecule has 2 aromatic rings. The van der Waals surface area contributed by atoms with Crippen LogP contribution in [0, 0.1) is 5.92 Å². The van der Waals surface area contributed by atoms with Crippen LogP contribution in [0.3, 0.4) is 0 Å². The van der Waals surface area contributed by atoms with Crippen molar-refractivity contribution >= 4 is 29.2 Å². The number of nitrogens with zero attached hydrogens (tertiary/aromatic N) is 1. The van der Waals surface area contributed by atoms with E-state index in [1.165, 1.54) is 38.5 Å². The van der Waals surface area contributed by atoms with Gasteiger partial charge in [-0.3, -0.25) is 9.59 Å². The van der Waals surface area contributed by atoms with Crippen molar-refractivity contribution in [2.45, 2.75) is 6.42 Å². The van der Waals surface area contributed by atoms with Crippen LogP contribution in [-0.4, -0.2) is 43.7 Å². The van der Waals surface area contributed by atoms with Crippen molar-refractivity contribution in [1.82, 2.24) is 0 Å². The molecule has 0 saturated carbocycles. The molecule has 1 atom stereocenters. The number of aromatic carboxylic acids is 1. The van der Waals surface area contributed by atoms with Crippen LogP contribution in [0.5, 0.6) is 11.5 Å². The average molecular weight is 384 g/mol. The van der Waals surface area contributed by atoms with Crippen molar-refractivity contribution < 1.29 is 29.0 Å². The van der Waals surface area contributed by atoms with Gasteiger partial charge in [0.25, 0.3) is 0 Å². The predicted molar refractivity (Wildman–Crippen MR) is 102 cm³/mol. The maximum absolute atomic E-state index is 12.5. The van der Waals surface area contributed by atoms with Crippen molar-refractivity contribution in [3.8, 4) is 11.5 Å². The summed E-state index contributed by atoms with van der Waals surface area (Å²) in [5, 5.41) is 11.6. The zero-order valence-corrected chi connectivity index (χ0v) is 15.5. The Morgan fingerprint density at radius 2 is 1.75 bits per heavy atom. The molecule has 8 nitrogen and oxygen atoms in total. The summed E-state index contributed by atoms with van der Waals surface area (Å²) < 4.78 is 10.5. The lowest BCUT2D eigenvalue weighted by Crippen LogP contribution is -2.28. The molecule has 0 bridgehead atoms. The van der Waals surface area contributed by atoms with Crippen LogP contribution in [0.25, 0.3) is 0 Å². The van der Waals surface area contributed by atoms with E-state index >= 15 is 0 Å². The van der Waals surface area contributed by atoms with Crippen molar-refractivity contribution in [3.05, 3.63) is 48.0 Å². The highest BCUT2D eigenvalue weighted by atomic mass is 16.5. The van der Waals surface area contributed by atoms with Crippen LogP contribution in [0.4, 0.5) is 11.4 Å². The first-order valence-electron chi connectivity index (χ1n) is 8.59. The largest absolute Gasteiger partial charge is 0.493 e. The topological polar surface area (TPSA) is 105 Å². The number of carboxylic acids is 1. The molecular weight excluding hydrogens is 364 g/mol. The molecule has 146 valence electrons. The average Bonchev–Trinajstić information content (AvgIpc) is 3.09. The second-order valence-electron chi connectivity index (χ2n) is 6.32. The number of carboxylic acid groups (broad SMARTS) is 1. The number of hydrogen-bond donors (Lipinski definition) is 2. The van der Waals surface area contributed by atoms with Gasteiger partial charge in [-0.15, -0.1) is 0 Å². The quantitative estimate of drug-likeness (QED) is 0.792. The molecule has 1 heterocycles. The zero-order chi connectivity index (χ0) is 20.3. The smallest absolute Gasteiger partial charge is 0.335 e. The van der Waals surface area contributed by atoms with E-state index in [1.807, 2.05) is 0 Å². The first kappa shape index (κ1) is 19.2. The molecule has 0 aliphatic carbocycles. The molecule has 28 heavy (non-hydrogen) atoms. The Balaban J connectivity index is 1.70. The molecule has 0 unspecified atom stereocenters. The second-order valence-corrected chi connectivity index (χ2v) is 6.32. The Hall–Kier alpha value is -3.55. The Bertz CT molecular complexity index is 909. The van der Waals surface area contributed by atoms with Gasteiger partial charge in [-0.2, -0.15) is 0 Å². The molecule has 3 rings (SSSR count). The van der Waals surface area contributed by atoms with E-state index in [0.717, 1.165) is 0 Å². The maximum Gasteiger partial charge on any atom is 0.335 e. The van der Waals surface area contributed by atoms with E-state index in [0.29, 0.717) is 22.9 Å². The van der Waals surface area contributed by atoms with E-state index in [9.17, 15) is 14.4 Å². The summed E-state index contributed by atoms with van der Waals surface area (Å²) in [4.78, 5) is 37.4.